The molecule has 0 aliphatic carbocycles. The summed E-state index contributed by atoms with van der Waals surface area (Å²) in [5, 5.41) is 10.1. The van der Waals surface area contributed by atoms with Crippen molar-refractivity contribution in [3.05, 3.63) is 46.4 Å². The van der Waals surface area contributed by atoms with Crippen LogP contribution in [0.15, 0.2) is 40.4 Å². The van der Waals surface area contributed by atoms with Crippen LogP contribution in [-0.2, 0) is 9.53 Å². The van der Waals surface area contributed by atoms with Gasteiger partial charge in [0.2, 0.25) is 5.91 Å². The van der Waals surface area contributed by atoms with E-state index in [1.807, 2.05) is 0 Å². The second-order valence-electron chi connectivity index (χ2n) is 5.01. The van der Waals surface area contributed by atoms with Crippen LogP contribution in [0.4, 0.5) is 5.69 Å². The summed E-state index contributed by atoms with van der Waals surface area (Å²) in [5.74, 6) is -0.719. The summed E-state index contributed by atoms with van der Waals surface area (Å²) in [6.45, 7) is 3.52. The van der Waals surface area contributed by atoms with Crippen molar-refractivity contribution in [1.29, 1.82) is 0 Å². The third kappa shape index (κ3) is 5.51. The van der Waals surface area contributed by atoms with E-state index >= 15 is 0 Å². The molecule has 0 unspecified atom stereocenters. The Morgan fingerprint density at radius 1 is 1.38 bits per heavy atom. The average Bonchev–Trinajstić information content (AvgIpc) is 2.53. The molecule has 0 fully saturated rings. The van der Waals surface area contributed by atoms with E-state index < -0.39 is 5.97 Å². The number of benzene rings is 1. The number of esters is 1. The molecule has 2 rings (SSSR count). The third-order valence-corrected chi connectivity index (χ3v) is 3.48. The molecule has 1 heterocycles. The average molecular weight is 348 g/mol. The number of nitrogens with one attached hydrogen (secondary N) is 2. The molecule has 1 aromatic heterocycles. The molecule has 0 spiro atoms. The Balaban J connectivity index is 1.94. The van der Waals surface area contributed by atoms with Crippen molar-refractivity contribution in [2.24, 2.45) is 0 Å². The molecule has 0 saturated carbocycles. The van der Waals surface area contributed by atoms with Gasteiger partial charge in [-0.05, 0) is 32.0 Å². The summed E-state index contributed by atoms with van der Waals surface area (Å²) in [7, 11) is 0. The number of carbonyl (C=O) groups is 2. The fourth-order valence-electron chi connectivity index (χ4n) is 1.70. The van der Waals surface area contributed by atoms with E-state index in [1.165, 1.54) is 6.07 Å². The highest BCUT2D eigenvalue weighted by Gasteiger charge is 2.11. The molecule has 0 aliphatic heterocycles. The number of aromatic amines is 1. The van der Waals surface area contributed by atoms with Crippen molar-refractivity contribution in [1.82, 2.24) is 15.2 Å². The van der Waals surface area contributed by atoms with Crippen molar-refractivity contribution in [2.75, 3.05) is 11.1 Å². The molecule has 24 heavy (non-hydrogen) atoms. The summed E-state index contributed by atoms with van der Waals surface area (Å²) >= 11 is 1.05. The molecule has 0 saturated heterocycles. The minimum atomic E-state index is -0.451. The lowest BCUT2D eigenvalue weighted by molar-refractivity contribution is -0.113. The fourth-order valence-corrected chi connectivity index (χ4v) is 2.32. The summed E-state index contributed by atoms with van der Waals surface area (Å²) in [4.78, 5) is 37.3. The van der Waals surface area contributed by atoms with E-state index in [0.717, 1.165) is 18.0 Å². The number of rotatable bonds is 6. The van der Waals surface area contributed by atoms with Crippen molar-refractivity contribution in [3.8, 4) is 0 Å². The zero-order chi connectivity index (χ0) is 17.5. The smallest absolute Gasteiger partial charge is 0.338 e. The lowest BCUT2D eigenvalue weighted by Crippen LogP contribution is -2.16. The number of amides is 1. The molecule has 1 aromatic carbocycles. The Morgan fingerprint density at radius 3 is 2.88 bits per heavy atom. The van der Waals surface area contributed by atoms with Gasteiger partial charge >= 0.3 is 5.97 Å². The lowest BCUT2D eigenvalue weighted by atomic mass is 10.2. The van der Waals surface area contributed by atoms with Crippen LogP contribution in [0.3, 0.4) is 0 Å². The fraction of sp³-hybridized carbons (Fsp3) is 0.267. The highest BCUT2D eigenvalue weighted by atomic mass is 32.2. The Labute approximate surface area is 142 Å². The zero-order valence-corrected chi connectivity index (χ0v) is 13.9. The largest absolute Gasteiger partial charge is 0.459 e. The van der Waals surface area contributed by atoms with Crippen molar-refractivity contribution >= 4 is 29.3 Å². The second-order valence-corrected chi connectivity index (χ2v) is 5.97. The van der Waals surface area contributed by atoms with Gasteiger partial charge in [-0.15, -0.1) is 5.10 Å². The first-order valence-corrected chi connectivity index (χ1v) is 8.08. The van der Waals surface area contributed by atoms with Crippen LogP contribution in [0.2, 0.25) is 0 Å². The minimum absolute atomic E-state index is 0.0370. The SMILES string of the molecule is CC(C)OC(=O)c1cccc(NC(=O)CSc2nncc(=O)[nH]2)c1. The Kier molecular flexibility index (Phi) is 6.07. The molecular formula is C15H16N4O4S. The Hall–Kier alpha value is -2.68. The number of aromatic nitrogens is 3. The minimum Gasteiger partial charge on any atom is -0.459 e. The Bertz CT molecular complexity index is 791. The van der Waals surface area contributed by atoms with Gasteiger partial charge in [-0.25, -0.2) is 4.79 Å². The van der Waals surface area contributed by atoms with E-state index in [-0.39, 0.29) is 28.5 Å². The van der Waals surface area contributed by atoms with Gasteiger partial charge in [0.15, 0.2) is 5.16 Å². The summed E-state index contributed by atoms with van der Waals surface area (Å²) in [6, 6.07) is 6.47. The number of hydrogen-bond acceptors (Lipinski definition) is 7. The van der Waals surface area contributed by atoms with E-state index in [1.54, 1.807) is 32.0 Å². The van der Waals surface area contributed by atoms with Gasteiger partial charge in [-0.2, -0.15) is 5.10 Å². The van der Waals surface area contributed by atoms with Crippen LogP contribution in [0.25, 0.3) is 0 Å². The highest BCUT2D eigenvalue weighted by Crippen LogP contribution is 2.14. The number of anilines is 1. The normalized spacial score (nSPS) is 10.5. The van der Waals surface area contributed by atoms with Gasteiger partial charge in [0.25, 0.3) is 5.56 Å². The number of thioether (sulfide) groups is 1. The molecule has 0 radical (unpaired) electrons. The zero-order valence-electron chi connectivity index (χ0n) is 13.1. The summed E-state index contributed by atoms with van der Waals surface area (Å²) < 4.78 is 5.11. The molecule has 1 amide bonds. The molecule has 0 bridgehead atoms. The van der Waals surface area contributed by atoms with Crippen molar-refractivity contribution < 1.29 is 14.3 Å². The van der Waals surface area contributed by atoms with Crippen LogP contribution >= 0.6 is 11.8 Å². The summed E-state index contributed by atoms with van der Waals surface area (Å²) in [5.41, 5.74) is 0.447. The standard InChI is InChI=1S/C15H16N4O4S/c1-9(2)23-14(22)10-4-3-5-11(6-10)17-13(21)8-24-15-18-12(20)7-16-19-15/h3-7,9H,8H2,1-2H3,(H,17,21)(H,18,19,20). The first-order chi connectivity index (χ1) is 11.4. The molecule has 0 atom stereocenters. The number of carbonyl (C=O) groups excluding carboxylic acids is 2. The van der Waals surface area contributed by atoms with Crippen LogP contribution in [-0.4, -0.2) is 38.9 Å². The summed E-state index contributed by atoms with van der Waals surface area (Å²) in [6.07, 6.45) is 0.826. The van der Waals surface area contributed by atoms with Crippen molar-refractivity contribution in [2.45, 2.75) is 25.1 Å². The van der Waals surface area contributed by atoms with Gasteiger partial charge in [-0.1, -0.05) is 17.8 Å². The van der Waals surface area contributed by atoms with Gasteiger partial charge in [0.05, 0.1) is 17.4 Å². The molecular weight excluding hydrogens is 332 g/mol. The molecule has 9 heteroatoms. The first-order valence-electron chi connectivity index (χ1n) is 7.10. The Morgan fingerprint density at radius 2 is 2.17 bits per heavy atom. The van der Waals surface area contributed by atoms with Crippen LogP contribution in [0.5, 0.6) is 0 Å². The van der Waals surface area contributed by atoms with E-state index in [2.05, 4.69) is 20.5 Å². The maximum Gasteiger partial charge on any atom is 0.338 e. The number of ether oxygens (including phenoxy) is 1. The maximum absolute atomic E-state index is 11.9. The third-order valence-electron chi connectivity index (χ3n) is 2.62. The van der Waals surface area contributed by atoms with E-state index in [4.69, 9.17) is 4.74 Å². The topological polar surface area (TPSA) is 114 Å². The monoisotopic (exact) mass is 348 g/mol. The molecule has 2 aromatic rings. The van der Waals surface area contributed by atoms with Gasteiger partial charge in [0, 0.05) is 5.69 Å². The van der Waals surface area contributed by atoms with Crippen molar-refractivity contribution in [3.63, 3.8) is 0 Å². The van der Waals surface area contributed by atoms with E-state index in [0.29, 0.717) is 11.3 Å². The van der Waals surface area contributed by atoms with Crippen LogP contribution in [0.1, 0.15) is 24.2 Å². The number of H-pyrrole nitrogens is 1. The maximum atomic E-state index is 11.9. The van der Waals surface area contributed by atoms with E-state index in [9.17, 15) is 14.4 Å². The highest BCUT2D eigenvalue weighted by molar-refractivity contribution is 7.99. The molecule has 2 N–H and O–H groups in total. The number of nitrogens with zero attached hydrogens (tertiary/aromatic N) is 2. The van der Waals surface area contributed by atoms with Crippen LogP contribution < -0.4 is 10.9 Å². The van der Waals surface area contributed by atoms with Gasteiger partial charge in [0.1, 0.15) is 6.20 Å². The number of hydrogen-bond donors (Lipinski definition) is 2. The predicted molar refractivity (Wildman–Crippen MR) is 89.0 cm³/mol. The first kappa shape index (κ1) is 17.7. The quantitative estimate of drug-likeness (QED) is 0.600. The lowest BCUT2D eigenvalue weighted by Gasteiger charge is -2.09. The molecule has 0 aliphatic rings. The van der Waals surface area contributed by atoms with Gasteiger partial charge < -0.3 is 10.1 Å². The van der Waals surface area contributed by atoms with Gasteiger partial charge in [-0.3, -0.25) is 14.6 Å². The second kappa shape index (κ2) is 8.25. The predicted octanol–water partition coefficient (Wildman–Crippen LogP) is 1.46. The van der Waals surface area contributed by atoms with Crippen LogP contribution in [0, 0.1) is 0 Å². The molecule has 8 nitrogen and oxygen atoms in total. The molecule has 126 valence electrons.